The molecule has 17 heavy (non-hydrogen) atoms. The first-order valence-electron chi connectivity index (χ1n) is 6.74. The minimum atomic E-state index is -0.112. The molecular formula is C15H22FN. The molecule has 2 atom stereocenters. The van der Waals surface area contributed by atoms with Crippen LogP contribution in [0.4, 0.5) is 10.1 Å². The summed E-state index contributed by atoms with van der Waals surface area (Å²) in [5.41, 5.74) is 1.71. The molecule has 2 rings (SSSR count). The minimum absolute atomic E-state index is 0.112. The molecule has 1 N–H and O–H groups in total. The SMILES string of the molecule is CCC1CCCCC1Nc1cccc(F)c1C. The Hall–Kier alpha value is -1.05. The van der Waals surface area contributed by atoms with Crippen LogP contribution in [0.3, 0.4) is 0 Å². The van der Waals surface area contributed by atoms with Crippen LogP contribution in [0.25, 0.3) is 0 Å². The van der Waals surface area contributed by atoms with E-state index in [-0.39, 0.29) is 5.82 Å². The first-order chi connectivity index (χ1) is 8.22. The molecule has 1 aromatic rings. The van der Waals surface area contributed by atoms with Crippen molar-refractivity contribution in [1.82, 2.24) is 0 Å². The van der Waals surface area contributed by atoms with Gasteiger partial charge in [-0.3, -0.25) is 0 Å². The number of anilines is 1. The topological polar surface area (TPSA) is 12.0 Å². The van der Waals surface area contributed by atoms with Gasteiger partial charge in [0.15, 0.2) is 0 Å². The summed E-state index contributed by atoms with van der Waals surface area (Å²) in [6.07, 6.45) is 6.38. The first-order valence-corrected chi connectivity index (χ1v) is 6.74. The third-order valence-corrected chi connectivity index (χ3v) is 4.04. The fourth-order valence-electron chi connectivity index (χ4n) is 2.85. The van der Waals surface area contributed by atoms with E-state index in [1.807, 2.05) is 13.0 Å². The van der Waals surface area contributed by atoms with Crippen LogP contribution >= 0.6 is 0 Å². The molecule has 2 unspecified atom stereocenters. The Bertz CT molecular complexity index is 375. The lowest BCUT2D eigenvalue weighted by Crippen LogP contribution is -2.32. The summed E-state index contributed by atoms with van der Waals surface area (Å²) < 4.78 is 13.5. The Morgan fingerprint density at radius 2 is 2.06 bits per heavy atom. The van der Waals surface area contributed by atoms with E-state index in [9.17, 15) is 4.39 Å². The van der Waals surface area contributed by atoms with Crippen LogP contribution in [0, 0.1) is 18.7 Å². The quantitative estimate of drug-likeness (QED) is 0.812. The van der Waals surface area contributed by atoms with Gasteiger partial charge in [0.1, 0.15) is 5.82 Å². The fraction of sp³-hybridized carbons (Fsp3) is 0.600. The van der Waals surface area contributed by atoms with Gasteiger partial charge in [0.05, 0.1) is 0 Å². The van der Waals surface area contributed by atoms with Gasteiger partial charge >= 0.3 is 0 Å². The largest absolute Gasteiger partial charge is 0.382 e. The van der Waals surface area contributed by atoms with Gasteiger partial charge in [0, 0.05) is 17.3 Å². The average Bonchev–Trinajstić information content (AvgIpc) is 2.35. The molecule has 2 heteroatoms. The highest BCUT2D eigenvalue weighted by Crippen LogP contribution is 2.30. The van der Waals surface area contributed by atoms with Crippen molar-refractivity contribution in [3.05, 3.63) is 29.6 Å². The van der Waals surface area contributed by atoms with E-state index in [0.717, 1.165) is 17.2 Å². The molecule has 0 bridgehead atoms. The summed E-state index contributed by atoms with van der Waals surface area (Å²) in [4.78, 5) is 0. The van der Waals surface area contributed by atoms with Crippen molar-refractivity contribution in [2.75, 3.05) is 5.32 Å². The molecule has 1 aromatic carbocycles. The van der Waals surface area contributed by atoms with Gasteiger partial charge in [-0.2, -0.15) is 0 Å². The molecule has 0 spiro atoms. The zero-order valence-electron chi connectivity index (χ0n) is 10.8. The molecule has 1 aliphatic carbocycles. The lowest BCUT2D eigenvalue weighted by atomic mass is 9.82. The molecule has 1 saturated carbocycles. The smallest absolute Gasteiger partial charge is 0.128 e. The Kier molecular flexibility index (Phi) is 4.03. The Morgan fingerprint density at radius 3 is 2.82 bits per heavy atom. The van der Waals surface area contributed by atoms with Gasteiger partial charge < -0.3 is 5.32 Å². The molecular weight excluding hydrogens is 213 g/mol. The third kappa shape index (κ3) is 2.80. The van der Waals surface area contributed by atoms with Crippen molar-refractivity contribution in [2.24, 2.45) is 5.92 Å². The van der Waals surface area contributed by atoms with Crippen molar-refractivity contribution in [1.29, 1.82) is 0 Å². The summed E-state index contributed by atoms with van der Waals surface area (Å²) in [6.45, 7) is 4.10. The van der Waals surface area contributed by atoms with E-state index in [1.165, 1.54) is 38.2 Å². The highest BCUT2D eigenvalue weighted by Gasteiger charge is 2.23. The first kappa shape index (κ1) is 12.4. The number of nitrogens with one attached hydrogen (secondary N) is 1. The molecule has 1 nitrogen and oxygen atoms in total. The van der Waals surface area contributed by atoms with Crippen LogP contribution < -0.4 is 5.32 Å². The lowest BCUT2D eigenvalue weighted by molar-refractivity contribution is 0.317. The minimum Gasteiger partial charge on any atom is -0.382 e. The maximum atomic E-state index is 13.5. The number of benzene rings is 1. The second-order valence-corrected chi connectivity index (χ2v) is 5.12. The highest BCUT2D eigenvalue weighted by atomic mass is 19.1. The van der Waals surface area contributed by atoms with E-state index >= 15 is 0 Å². The lowest BCUT2D eigenvalue weighted by Gasteiger charge is -2.32. The predicted octanol–water partition coefficient (Wildman–Crippen LogP) is 4.51. The van der Waals surface area contributed by atoms with Crippen molar-refractivity contribution in [3.63, 3.8) is 0 Å². The van der Waals surface area contributed by atoms with Gasteiger partial charge in [0.2, 0.25) is 0 Å². The Balaban J connectivity index is 2.11. The van der Waals surface area contributed by atoms with Gasteiger partial charge in [-0.1, -0.05) is 32.3 Å². The average molecular weight is 235 g/mol. The van der Waals surface area contributed by atoms with Crippen LogP contribution in [0.5, 0.6) is 0 Å². The fourth-order valence-corrected chi connectivity index (χ4v) is 2.85. The highest BCUT2D eigenvalue weighted by molar-refractivity contribution is 5.51. The monoisotopic (exact) mass is 235 g/mol. The van der Waals surface area contributed by atoms with Gasteiger partial charge in [-0.05, 0) is 37.8 Å². The maximum absolute atomic E-state index is 13.5. The molecule has 0 saturated heterocycles. The Labute approximate surface area is 103 Å². The van der Waals surface area contributed by atoms with E-state index in [0.29, 0.717) is 6.04 Å². The van der Waals surface area contributed by atoms with E-state index in [1.54, 1.807) is 6.07 Å². The van der Waals surface area contributed by atoms with Crippen LogP contribution in [0.2, 0.25) is 0 Å². The number of halogens is 1. The second-order valence-electron chi connectivity index (χ2n) is 5.12. The van der Waals surface area contributed by atoms with Crippen LogP contribution in [0.1, 0.15) is 44.6 Å². The molecule has 1 aliphatic rings. The summed E-state index contributed by atoms with van der Waals surface area (Å²) in [5.74, 6) is 0.630. The zero-order chi connectivity index (χ0) is 12.3. The van der Waals surface area contributed by atoms with Crippen molar-refractivity contribution >= 4 is 5.69 Å². The standard InChI is InChI=1S/C15H22FN/c1-3-12-7-4-5-9-15(12)17-14-10-6-8-13(16)11(14)2/h6,8,10,12,15,17H,3-5,7,9H2,1-2H3. The zero-order valence-corrected chi connectivity index (χ0v) is 10.8. The van der Waals surface area contributed by atoms with Crippen LogP contribution in [-0.4, -0.2) is 6.04 Å². The molecule has 0 heterocycles. The van der Waals surface area contributed by atoms with E-state index in [2.05, 4.69) is 12.2 Å². The molecule has 1 fully saturated rings. The number of hydrogen-bond donors (Lipinski definition) is 1. The predicted molar refractivity (Wildman–Crippen MR) is 70.8 cm³/mol. The summed E-state index contributed by atoms with van der Waals surface area (Å²) in [6, 6.07) is 5.82. The molecule has 0 radical (unpaired) electrons. The van der Waals surface area contributed by atoms with Crippen molar-refractivity contribution in [3.8, 4) is 0 Å². The third-order valence-electron chi connectivity index (χ3n) is 4.04. The van der Waals surface area contributed by atoms with Crippen molar-refractivity contribution < 1.29 is 4.39 Å². The summed E-state index contributed by atoms with van der Waals surface area (Å²) in [5, 5.41) is 3.55. The molecule has 0 aromatic heterocycles. The molecule has 0 aliphatic heterocycles. The van der Waals surface area contributed by atoms with Gasteiger partial charge in [0.25, 0.3) is 0 Å². The molecule has 94 valence electrons. The summed E-state index contributed by atoms with van der Waals surface area (Å²) >= 11 is 0. The molecule has 0 amide bonds. The maximum Gasteiger partial charge on any atom is 0.128 e. The van der Waals surface area contributed by atoms with Gasteiger partial charge in [-0.15, -0.1) is 0 Å². The normalized spacial score (nSPS) is 24.6. The van der Waals surface area contributed by atoms with E-state index in [4.69, 9.17) is 0 Å². The van der Waals surface area contributed by atoms with Crippen molar-refractivity contribution in [2.45, 2.75) is 52.0 Å². The van der Waals surface area contributed by atoms with E-state index < -0.39 is 0 Å². The number of hydrogen-bond acceptors (Lipinski definition) is 1. The summed E-state index contributed by atoms with van der Waals surface area (Å²) in [7, 11) is 0. The number of rotatable bonds is 3. The van der Waals surface area contributed by atoms with Crippen LogP contribution in [0.15, 0.2) is 18.2 Å². The van der Waals surface area contributed by atoms with Gasteiger partial charge in [-0.25, -0.2) is 4.39 Å². The Morgan fingerprint density at radius 1 is 1.29 bits per heavy atom. The second kappa shape index (κ2) is 5.52. The van der Waals surface area contributed by atoms with Crippen LogP contribution in [-0.2, 0) is 0 Å².